The zero-order valence-corrected chi connectivity index (χ0v) is 18.3. The Morgan fingerprint density at radius 3 is 2.60 bits per heavy atom. The van der Waals surface area contributed by atoms with Crippen molar-refractivity contribution in [3.8, 4) is 6.07 Å². The number of hydrogen-bond acceptors (Lipinski definition) is 5. The molecular weight excluding hydrogens is 421 g/mol. The topological polar surface area (TPSA) is 74.0 Å². The number of aryl methyl sites for hydroxylation is 2. The number of nitriles is 1. The van der Waals surface area contributed by atoms with E-state index in [0.29, 0.717) is 41.0 Å². The van der Waals surface area contributed by atoms with Crippen LogP contribution in [0.2, 0.25) is 10.2 Å². The fraction of sp³-hybridized carbons (Fsp3) is 0.318. The van der Waals surface area contributed by atoms with E-state index in [2.05, 4.69) is 21.3 Å². The molecule has 0 bridgehead atoms. The minimum absolute atomic E-state index is 0.111. The molecule has 1 fully saturated rings. The van der Waals surface area contributed by atoms with Gasteiger partial charge in [0.15, 0.2) is 0 Å². The Hall–Kier alpha value is -2.75. The second kappa shape index (κ2) is 8.17. The molecule has 6 nitrogen and oxygen atoms in total. The Morgan fingerprint density at radius 1 is 1.20 bits per heavy atom. The summed E-state index contributed by atoms with van der Waals surface area (Å²) in [6.07, 6.45) is 1.73. The van der Waals surface area contributed by atoms with Gasteiger partial charge >= 0.3 is 0 Å². The molecule has 4 rings (SSSR count). The molecule has 0 amide bonds. The molecule has 1 N–H and O–H groups in total. The predicted molar refractivity (Wildman–Crippen MR) is 122 cm³/mol. The van der Waals surface area contributed by atoms with Gasteiger partial charge in [-0.2, -0.15) is 5.26 Å². The number of halogens is 2. The maximum Gasteiger partial charge on any atom is 0.270 e. The Kier molecular flexibility index (Phi) is 5.59. The van der Waals surface area contributed by atoms with Crippen molar-refractivity contribution in [2.75, 3.05) is 23.3 Å². The molecule has 0 aliphatic carbocycles. The second-order valence-electron chi connectivity index (χ2n) is 7.57. The van der Waals surface area contributed by atoms with Gasteiger partial charge in [0.25, 0.3) is 5.56 Å². The van der Waals surface area contributed by atoms with E-state index in [9.17, 15) is 10.1 Å². The maximum atomic E-state index is 12.8. The number of nitrogens with one attached hydrogen (secondary N) is 1. The third-order valence-electron chi connectivity index (χ3n) is 5.65. The van der Waals surface area contributed by atoms with Crippen LogP contribution in [0.3, 0.4) is 0 Å². The second-order valence-corrected chi connectivity index (χ2v) is 8.39. The monoisotopic (exact) mass is 441 g/mol. The van der Waals surface area contributed by atoms with Gasteiger partial charge in [-0.25, -0.2) is 4.98 Å². The molecule has 154 valence electrons. The molecule has 1 aromatic carbocycles. The highest BCUT2D eigenvalue weighted by atomic mass is 35.5. The quantitative estimate of drug-likeness (QED) is 0.605. The number of piperidine rings is 1. The number of benzene rings is 1. The van der Waals surface area contributed by atoms with Crippen molar-refractivity contribution >= 4 is 45.6 Å². The highest BCUT2D eigenvalue weighted by Crippen LogP contribution is 2.31. The number of fused-ring (bicyclic) bond motifs is 1. The lowest BCUT2D eigenvalue weighted by Gasteiger charge is -2.35. The molecule has 0 saturated carbocycles. The van der Waals surface area contributed by atoms with Crippen molar-refractivity contribution in [3.05, 3.63) is 62.0 Å². The summed E-state index contributed by atoms with van der Waals surface area (Å²) in [5.74, 6) is 0. The lowest BCUT2D eigenvalue weighted by atomic mass is 10.0. The predicted octanol–water partition coefficient (Wildman–Crippen LogP) is 4.50. The molecule has 3 aromatic rings. The standard InChI is InChI=1S/C22H21Cl2N5O/c1-13-11-14(23)3-4-17(13)26-15-7-9-29(10-8-15)21-16(12-25)22(30)28(2)18-5-6-19(24)27-20(18)21/h3-6,11,15,26H,7-10H2,1-2H3. The molecule has 8 heteroatoms. The smallest absolute Gasteiger partial charge is 0.270 e. The first kappa shape index (κ1) is 20.5. The van der Waals surface area contributed by atoms with Gasteiger partial charge in [0.2, 0.25) is 0 Å². The van der Waals surface area contributed by atoms with Gasteiger partial charge in [0.1, 0.15) is 22.3 Å². The van der Waals surface area contributed by atoms with E-state index in [-0.39, 0.29) is 11.1 Å². The van der Waals surface area contributed by atoms with Crippen molar-refractivity contribution in [2.45, 2.75) is 25.8 Å². The number of hydrogen-bond donors (Lipinski definition) is 1. The van der Waals surface area contributed by atoms with Crippen LogP contribution in [-0.4, -0.2) is 28.7 Å². The molecule has 1 aliphatic rings. The van der Waals surface area contributed by atoms with Gasteiger partial charge < -0.3 is 14.8 Å². The van der Waals surface area contributed by atoms with E-state index in [4.69, 9.17) is 23.2 Å². The zero-order valence-electron chi connectivity index (χ0n) is 16.7. The average Bonchev–Trinajstić information content (AvgIpc) is 2.73. The fourth-order valence-corrected chi connectivity index (χ4v) is 4.41. The first-order valence-electron chi connectivity index (χ1n) is 9.76. The Balaban J connectivity index is 1.63. The number of nitrogens with zero attached hydrogens (tertiary/aromatic N) is 4. The van der Waals surface area contributed by atoms with E-state index < -0.39 is 0 Å². The van der Waals surface area contributed by atoms with Crippen molar-refractivity contribution in [1.29, 1.82) is 5.26 Å². The van der Waals surface area contributed by atoms with Crippen LogP contribution in [0, 0.1) is 18.3 Å². The Labute approximate surface area is 184 Å². The first-order chi connectivity index (χ1) is 14.4. The van der Waals surface area contributed by atoms with Crippen molar-refractivity contribution < 1.29 is 0 Å². The number of aromatic nitrogens is 2. The summed E-state index contributed by atoms with van der Waals surface area (Å²) in [7, 11) is 1.65. The minimum atomic E-state index is -0.318. The number of anilines is 2. The zero-order chi connectivity index (χ0) is 21.4. The van der Waals surface area contributed by atoms with Crippen LogP contribution in [0.4, 0.5) is 11.4 Å². The maximum absolute atomic E-state index is 12.8. The van der Waals surface area contributed by atoms with E-state index in [1.807, 2.05) is 25.1 Å². The fourth-order valence-electron chi connectivity index (χ4n) is 4.03. The largest absolute Gasteiger partial charge is 0.382 e. The summed E-state index contributed by atoms with van der Waals surface area (Å²) in [5, 5.41) is 14.4. The lowest BCUT2D eigenvalue weighted by molar-refractivity contribution is 0.526. The summed E-state index contributed by atoms with van der Waals surface area (Å²) in [4.78, 5) is 19.3. The number of pyridine rings is 2. The van der Waals surface area contributed by atoms with Crippen molar-refractivity contribution in [1.82, 2.24) is 9.55 Å². The van der Waals surface area contributed by atoms with Crippen molar-refractivity contribution in [2.24, 2.45) is 7.05 Å². The van der Waals surface area contributed by atoms with E-state index in [1.165, 1.54) is 4.57 Å². The molecule has 0 unspecified atom stereocenters. The summed E-state index contributed by atoms with van der Waals surface area (Å²) < 4.78 is 1.46. The van der Waals surface area contributed by atoms with Crippen LogP contribution in [0.1, 0.15) is 24.0 Å². The molecule has 30 heavy (non-hydrogen) atoms. The van der Waals surface area contributed by atoms with Crippen LogP contribution in [0.5, 0.6) is 0 Å². The molecule has 1 aliphatic heterocycles. The third kappa shape index (κ3) is 3.71. The SMILES string of the molecule is Cc1cc(Cl)ccc1NC1CCN(c2c(C#N)c(=O)n(C)c3ccc(Cl)nc23)CC1. The molecule has 2 aromatic heterocycles. The number of rotatable bonds is 3. The van der Waals surface area contributed by atoms with Gasteiger partial charge in [-0.1, -0.05) is 23.2 Å². The van der Waals surface area contributed by atoms with Gasteiger partial charge in [0, 0.05) is 36.9 Å². The van der Waals surface area contributed by atoms with Gasteiger partial charge in [-0.15, -0.1) is 0 Å². The summed E-state index contributed by atoms with van der Waals surface area (Å²) in [5.41, 5.74) is 3.80. The molecule has 1 saturated heterocycles. The molecule has 3 heterocycles. The van der Waals surface area contributed by atoms with Crippen LogP contribution in [0.25, 0.3) is 11.0 Å². The van der Waals surface area contributed by atoms with Gasteiger partial charge in [-0.05, 0) is 55.7 Å². The first-order valence-corrected chi connectivity index (χ1v) is 10.5. The highest BCUT2D eigenvalue weighted by molar-refractivity contribution is 6.30. The lowest BCUT2D eigenvalue weighted by Crippen LogP contribution is -2.40. The van der Waals surface area contributed by atoms with Crippen molar-refractivity contribution in [3.63, 3.8) is 0 Å². The third-order valence-corrected chi connectivity index (χ3v) is 6.10. The van der Waals surface area contributed by atoms with Crippen LogP contribution >= 0.6 is 23.2 Å². The Bertz CT molecular complexity index is 1220. The molecule has 0 atom stereocenters. The normalized spacial score (nSPS) is 14.7. The Morgan fingerprint density at radius 2 is 1.93 bits per heavy atom. The van der Waals surface area contributed by atoms with E-state index in [1.54, 1.807) is 19.2 Å². The molecule has 0 radical (unpaired) electrons. The van der Waals surface area contributed by atoms with Crippen LogP contribution in [0.15, 0.2) is 35.1 Å². The summed E-state index contributed by atoms with van der Waals surface area (Å²) in [6, 6.07) is 11.6. The van der Waals surface area contributed by atoms with Crippen LogP contribution in [-0.2, 0) is 7.05 Å². The molecule has 0 spiro atoms. The highest BCUT2D eigenvalue weighted by Gasteiger charge is 2.26. The summed E-state index contributed by atoms with van der Waals surface area (Å²) in [6.45, 7) is 3.44. The average molecular weight is 442 g/mol. The van der Waals surface area contributed by atoms with Crippen LogP contribution < -0.4 is 15.8 Å². The minimum Gasteiger partial charge on any atom is -0.382 e. The summed E-state index contributed by atoms with van der Waals surface area (Å²) >= 11 is 12.2. The molecular formula is C22H21Cl2N5O. The van der Waals surface area contributed by atoms with E-state index in [0.717, 1.165) is 29.1 Å². The van der Waals surface area contributed by atoms with E-state index >= 15 is 0 Å². The van der Waals surface area contributed by atoms with Gasteiger partial charge in [-0.3, -0.25) is 4.79 Å². The van der Waals surface area contributed by atoms with Gasteiger partial charge in [0.05, 0.1) is 11.2 Å².